The Hall–Kier alpha value is -1.61. The Morgan fingerprint density at radius 3 is 2.39 bits per heavy atom. The second kappa shape index (κ2) is 6.48. The molecule has 128 valence electrons. The average molecular weight is 351 g/mol. The van der Waals surface area contributed by atoms with Crippen LogP contribution in [0.2, 0.25) is 0 Å². The van der Waals surface area contributed by atoms with Crippen molar-refractivity contribution in [3.63, 3.8) is 0 Å². The molecule has 1 heterocycles. The van der Waals surface area contributed by atoms with Crippen LogP contribution in [0.3, 0.4) is 0 Å². The second-order valence-electron chi connectivity index (χ2n) is 5.42. The summed E-state index contributed by atoms with van der Waals surface area (Å²) >= 11 is 0. The lowest BCUT2D eigenvalue weighted by molar-refractivity contribution is -0.138. The predicted molar refractivity (Wildman–Crippen MR) is 76.7 cm³/mol. The van der Waals surface area contributed by atoms with Gasteiger partial charge in [0.15, 0.2) is 9.84 Å². The largest absolute Gasteiger partial charge is 0.481 e. The standard InChI is InChI=1S/C14H16F3NO4S/c15-14(16,17)11-3-1-2-10(8-11)12(9-13(19)20)18-4-6-23(21,22)7-5-18/h1-3,8,12H,4-7,9H2,(H,19,20). The SMILES string of the molecule is O=C(O)CC(c1cccc(C(F)(F)F)c1)N1CCS(=O)(=O)CC1. The molecule has 0 aromatic heterocycles. The van der Waals surface area contributed by atoms with E-state index in [2.05, 4.69) is 0 Å². The molecular weight excluding hydrogens is 335 g/mol. The van der Waals surface area contributed by atoms with E-state index >= 15 is 0 Å². The summed E-state index contributed by atoms with van der Waals surface area (Å²) in [4.78, 5) is 12.7. The number of carboxylic acids is 1. The number of benzene rings is 1. The maximum Gasteiger partial charge on any atom is 0.416 e. The van der Waals surface area contributed by atoms with Gasteiger partial charge in [-0.1, -0.05) is 12.1 Å². The van der Waals surface area contributed by atoms with Crippen LogP contribution in [0.5, 0.6) is 0 Å². The quantitative estimate of drug-likeness (QED) is 0.897. The average Bonchev–Trinajstić information content (AvgIpc) is 2.44. The summed E-state index contributed by atoms with van der Waals surface area (Å²) in [7, 11) is -3.16. The maximum atomic E-state index is 12.8. The zero-order chi connectivity index (χ0) is 17.3. The summed E-state index contributed by atoms with van der Waals surface area (Å²) in [5.74, 6) is -1.40. The van der Waals surface area contributed by atoms with E-state index in [1.807, 2.05) is 0 Å². The maximum absolute atomic E-state index is 12.8. The molecule has 0 saturated carbocycles. The van der Waals surface area contributed by atoms with E-state index in [0.717, 1.165) is 12.1 Å². The normalized spacial score (nSPS) is 20.1. The Kier molecular flexibility index (Phi) is 5.00. The fourth-order valence-corrected chi connectivity index (χ4v) is 3.81. The van der Waals surface area contributed by atoms with Crippen LogP contribution < -0.4 is 0 Å². The highest BCUT2D eigenvalue weighted by Crippen LogP contribution is 2.33. The molecule has 0 bridgehead atoms. The molecule has 1 saturated heterocycles. The molecule has 5 nitrogen and oxygen atoms in total. The zero-order valence-corrected chi connectivity index (χ0v) is 12.9. The summed E-state index contributed by atoms with van der Waals surface area (Å²) in [6.45, 7) is 0.215. The van der Waals surface area contributed by atoms with Gasteiger partial charge in [-0.2, -0.15) is 13.2 Å². The van der Waals surface area contributed by atoms with Crippen molar-refractivity contribution >= 4 is 15.8 Å². The molecule has 0 aliphatic carbocycles. The molecule has 0 radical (unpaired) electrons. The number of hydrogen-bond acceptors (Lipinski definition) is 4. The summed E-state index contributed by atoms with van der Waals surface area (Å²) in [5.41, 5.74) is -0.628. The fourth-order valence-electron chi connectivity index (χ4n) is 2.58. The Bertz CT molecular complexity index is 674. The summed E-state index contributed by atoms with van der Waals surface area (Å²) < 4.78 is 61.4. The van der Waals surface area contributed by atoms with Gasteiger partial charge in [0.1, 0.15) is 0 Å². The lowest BCUT2D eigenvalue weighted by atomic mass is 9.99. The lowest BCUT2D eigenvalue weighted by Gasteiger charge is -2.34. The van der Waals surface area contributed by atoms with Gasteiger partial charge in [-0.05, 0) is 17.7 Å². The molecule has 1 aliphatic rings. The van der Waals surface area contributed by atoms with E-state index in [9.17, 15) is 26.4 Å². The third-order valence-corrected chi connectivity index (χ3v) is 5.40. The van der Waals surface area contributed by atoms with Crippen molar-refractivity contribution in [2.45, 2.75) is 18.6 Å². The number of hydrogen-bond donors (Lipinski definition) is 1. The molecule has 0 spiro atoms. The molecule has 23 heavy (non-hydrogen) atoms. The number of carboxylic acid groups (broad SMARTS) is 1. The summed E-state index contributed by atoms with van der Waals surface area (Å²) in [6, 6.07) is 3.73. The fraction of sp³-hybridized carbons (Fsp3) is 0.500. The van der Waals surface area contributed by atoms with Gasteiger partial charge in [0.05, 0.1) is 23.5 Å². The van der Waals surface area contributed by atoms with Crippen LogP contribution in [0.25, 0.3) is 0 Å². The monoisotopic (exact) mass is 351 g/mol. The third kappa shape index (κ3) is 4.68. The minimum Gasteiger partial charge on any atom is -0.481 e. The highest BCUT2D eigenvalue weighted by Gasteiger charge is 2.33. The van der Waals surface area contributed by atoms with Crippen molar-refractivity contribution in [2.24, 2.45) is 0 Å². The number of aliphatic carboxylic acids is 1. The van der Waals surface area contributed by atoms with Gasteiger partial charge in [-0.3, -0.25) is 9.69 Å². The van der Waals surface area contributed by atoms with Crippen LogP contribution in [-0.4, -0.2) is 49.0 Å². The molecule has 1 fully saturated rings. The Morgan fingerprint density at radius 1 is 1.26 bits per heavy atom. The van der Waals surface area contributed by atoms with E-state index in [0.29, 0.717) is 0 Å². The van der Waals surface area contributed by atoms with Crippen molar-refractivity contribution in [3.05, 3.63) is 35.4 Å². The van der Waals surface area contributed by atoms with E-state index in [-0.39, 0.29) is 36.6 Å². The number of halogens is 3. The second-order valence-corrected chi connectivity index (χ2v) is 7.73. The van der Waals surface area contributed by atoms with E-state index < -0.39 is 33.6 Å². The van der Waals surface area contributed by atoms with Crippen LogP contribution in [0, 0.1) is 0 Å². The van der Waals surface area contributed by atoms with Gasteiger partial charge < -0.3 is 5.11 Å². The third-order valence-electron chi connectivity index (χ3n) is 3.79. The molecule has 2 rings (SSSR count). The number of sulfone groups is 1. The van der Waals surface area contributed by atoms with Crippen LogP contribution >= 0.6 is 0 Å². The van der Waals surface area contributed by atoms with Gasteiger partial charge in [-0.25, -0.2) is 8.42 Å². The zero-order valence-electron chi connectivity index (χ0n) is 12.1. The van der Waals surface area contributed by atoms with Crippen molar-refractivity contribution < 1.29 is 31.5 Å². The first-order chi connectivity index (χ1) is 10.6. The van der Waals surface area contributed by atoms with Crippen LogP contribution in [-0.2, 0) is 20.8 Å². The Balaban J connectivity index is 2.30. The van der Waals surface area contributed by atoms with Gasteiger partial charge in [-0.15, -0.1) is 0 Å². The van der Waals surface area contributed by atoms with Crippen molar-refractivity contribution in [2.75, 3.05) is 24.6 Å². The molecular formula is C14H16F3NO4S. The van der Waals surface area contributed by atoms with E-state index in [4.69, 9.17) is 5.11 Å². The van der Waals surface area contributed by atoms with Gasteiger partial charge >= 0.3 is 12.1 Å². The molecule has 1 aromatic carbocycles. The van der Waals surface area contributed by atoms with Gasteiger partial charge in [0.2, 0.25) is 0 Å². The Labute approximate surface area is 131 Å². The molecule has 9 heteroatoms. The molecule has 1 atom stereocenters. The first-order valence-corrected chi connectivity index (χ1v) is 8.74. The summed E-state index contributed by atoms with van der Waals surface area (Å²) in [5, 5.41) is 9.04. The predicted octanol–water partition coefficient (Wildman–Crippen LogP) is 1.95. The molecule has 1 aliphatic heterocycles. The minimum atomic E-state index is -4.52. The highest BCUT2D eigenvalue weighted by molar-refractivity contribution is 7.91. The molecule has 1 aromatic rings. The first-order valence-electron chi connectivity index (χ1n) is 6.92. The first kappa shape index (κ1) is 17.7. The number of carbonyl (C=O) groups is 1. The van der Waals surface area contributed by atoms with E-state index in [1.54, 1.807) is 4.90 Å². The molecule has 0 amide bonds. The van der Waals surface area contributed by atoms with Gasteiger partial charge in [0.25, 0.3) is 0 Å². The smallest absolute Gasteiger partial charge is 0.416 e. The van der Waals surface area contributed by atoms with Crippen LogP contribution in [0.15, 0.2) is 24.3 Å². The number of alkyl halides is 3. The highest BCUT2D eigenvalue weighted by atomic mass is 32.2. The van der Waals surface area contributed by atoms with Crippen molar-refractivity contribution in [3.8, 4) is 0 Å². The van der Waals surface area contributed by atoms with Gasteiger partial charge in [0, 0.05) is 19.1 Å². The molecule has 1 unspecified atom stereocenters. The molecule has 1 N–H and O–H groups in total. The Morgan fingerprint density at radius 2 is 1.87 bits per heavy atom. The number of nitrogens with zero attached hydrogens (tertiary/aromatic N) is 1. The lowest BCUT2D eigenvalue weighted by Crippen LogP contribution is -2.43. The van der Waals surface area contributed by atoms with Crippen LogP contribution in [0.4, 0.5) is 13.2 Å². The summed E-state index contributed by atoms with van der Waals surface area (Å²) in [6.07, 6.45) is -4.91. The van der Waals surface area contributed by atoms with Crippen molar-refractivity contribution in [1.29, 1.82) is 0 Å². The van der Waals surface area contributed by atoms with Crippen LogP contribution in [0.1, 0.15) is 23.6 Å². The minimum absolute atomic E-state index is 0.108. The topological polar surface area (TPSA) is 74.7 Å². The van der Waals surface area contributed by atoms with E-state index in [1.165, 1.54) is 12.1 Å². The van der Waals surface area contributed by atoms with Crippen molar-refractivity contribution in [1.82, 2.24) is 4.90 Å². The number of rotatable bonds is 4.